The van der Waals surface area contributed by atoms with E-state index < -0.39 is 20.6 Å². The fraction of sp³-hybridized carbons (Fsp3) is 0.455. The van der Waals surface area contributed by atoms with Crippen molar-refractivity contribution >= 4 is 22.2 Å². The van der Waals surface area contributed by atoms with E-state index in [4.69, 9.17) is 0 Å². The van der Waals surface area contributed by atoms with Crippen molar-refractivity contribution in [3.63, 3.8) is 0 Å². The van der Waals surface area contributed by atoms with E-state index in [1.54, 1.807) is 6.26 Å². The summed E-state index contributed by atoms with van der Waals surface area (Å²) in [5.74, 6) is 0.565. The molecule has 0 aliphatic rings. The molecule has 1 rings (SSSR count). The van der Waals surface area contributed by atoms with Gasteiger partial charge in [-0.2, -0.15) is 0 Å². The Bertz CT molecular complexity index is 535. The molecule has 0 saturated heterocycles. The number of benzene rings is 1. The van der Waals surface area contributed by atoms with E-state index in [9.17, 15) is 24.4 Å². The lowest BCUT2D eigenvalue weighted by molar-refractivity contribution is -0.394. The lowest BCUT2D eigenvalue weighted by atomic mass is 10.1. The average Bonchev–Trinajstić information content (AvgIpc) is 2.37. The van der Waals surface area contributed by atoms with E-state index in [0.29, 0.717) is 24.3 Å². The minimum Gasteiger partial charge on any atom is -0.312 e. The summed E-state index contributed by atoms with van der Waals surface area (Å²) in [5, 5.41) is 24.5. The van der Waals surface area contributed by atoms with Crippen LogP contribution >= 0.6 is 0 Å². The SMILES string of the molecule is CS(=O)CCCNCc1ccc([N+](=O)[O-])cc1[N+](=O)[O-]. The summed E-state index contributed by atoms with van der Waals surface area (Å²) in [5.41, 5.74) is -0.189. The van der Waals surface area contributed by atoms with Gasteiger partial charge in [0.25, 0.3) is 11.4 Å². The quantitative estimate of drug-likeness (QED) is 0.440. The van der Waals surface area contributed by atoms with Crippen LogP contribution in [0.3, 0.4) is 0 Å². The second kappa shape index (κ2) is 7.65. The van der Waals surface area contributed by atoms with E-state index in [-0.39, 0.29) is 17.9 Å². The fourth-order valence-corrected chi connectivity index (χ4v) is 2.16. The van der Waals surface area contributed by atoms with Crippen molar-refractivity contribution in [2.75, 3.05) is 18.6 Å². The molecule has 0 heterocycles. The van der Waals surface area contributed by atoms with Gasteiger partial charge < -0.3 is 5.32 Å². The van der Waals surface area contributed by atoms with Crippen LogP contribution in [0.15, 0.2) is 18.2 Å². The molecule has 0 aromatic heterocycles. The maximum Gasteiger partial charge on any atom is 0.280 e. The first-order valence-electron chi connectivity index (χ1n) is 5.84. The Kier molecular flexibility index (Phi) is 6.19. The smallest absolute Gasteiger partial charge is 0.280 e. The molecule has 1 atom stereocenters. The summed E-state index contributed by atoms with van der Waals surface area (Å²) in [7, 11) is -0.857. The summed E-state index contributed by atoms with van der Waals surface area (Å²) < 4.78 is 10.9. The number of hydrogen-bond acceptors (Lipinski definition) is 6. The first-order valence-corrected chi connectivity index (χ1v) is 7.57. The second-order valence-electron chi connectivity index (χ2n) is 4.13. The second-order valence-corrected chi connectivity index (χ2v) is 5.69. The Morgan fingerprint density at radius 3 is 2.50 bits per heavy atom. The number of nitro benzene ring substituents is 2. The molecule has 0 aliphatic heterocycles. The Hall–Kier alpha value is -1.87. The molecule has 1 aromatic rings. The van der Waals surface area contributed by atoms with Crippen LogP contribution in [0.25, 0.3) is 0 Å². The molecule has 8 nitrogen and oxygen atoms in total. The highest BCUT2D eigenvalue weighted by Gasteiger charge is 2.18. The maximum atomic E-state index is 10.9. The minimum atomic E-state index is -0.857. The van der Waals surface area contributed by atoms with Gasteiger partial charge in [0.2, 0.25) is 0 Å². The van der Waals surface area contributed by atoms with Crippen LogP contribution in [-0.2, 0) is 17.3 Å². The van der Waals surface area contributed by atoms with Gasteiger partial charge in [-0.05, 0) is 19.0 Å². The molecule has 0 aliphatic carbocycles. The highest BCUT2D eigenvalue weighted by molar-refractivity contribution is 7.84. The molecule has 1 N–H and O–H groups in total. The van der Waals surface area contributed by atoms with Gasteiger partial charge in [0, 0.05) is 41.0 Å². The zero-order chi connectivity index (χ0) is 15.1. The first kappa shape index (κ1) is 16.2. The van der Waals surface area contributed by atoms with Crippen molar-refractivity contribution in [1.29, 1.82) is 0 Å². The van der Waals surface area contributed by atoms with E-state index in [0.717, 1.165) is 6.07 Å². The molecule has 0 spiro atoms. The van der Waals surface area contributed by atoms with Crippen LogP contribution in [0.4, 0.5) is 11.4 Å². The number of hydrogen-bond donors (Lipinski definition) is 1. The highest BCUT2D eigenvalue weighted by atomic mass is 32.2. The fourth-order valence-electron chi connectivity index (χ4n) is 1.61. The lowest BCUT2D eigenvalue weighted by Crippen LogP contribution is -2.17. The van der Waals surface area contributed by atoms with Gasteiger partial charge in [-0.1, -0.05) is 0 Å². The monoisotopic (exact) mass is 301 g/mol. The molecule has 20 heavy (non-hydrogen) atoms. The van der Waals surface area contributed by atoms with E-state index in [2.05, 4.69) is 5.32 Å². The van der Waals surface area contributed by atoms with Crippen LogP contribution < -0.4 is 5.32 Å². The number of nitrogens with zero attached hydrogens (tertiary/aromatic N) is 2. The molecule has 0 amide bonds. The number of non-ortho nitro benzene ring substituents is 1. The average molecular weight is 301 g/mol. The minimum absolute atomic E-state index is 0.241. The Balaban J connectivity index is 2.67. The van der Waals surface area contributed by atoms with E-state index in [1.807, 2.05) is 0 Å². The van der Waals surface area contributed by atoms with Gasteiger partial charge in [0.15, 0.2) is 0 Å². The van der Waals surface area contributed by atoms with Gasteiger partial charge in [0.05, 0.1) is 15.9 Å². The molecular formula is C11H15N3O5S. The Morgan fingerprint density at radius 1 is 1.25 bits per heavy atom. The molecular weight excluding hydrogens is 286 g/mol. The molecule has 110 valence electrons. The van der Waals surface area contributed by atoms with Gasteiger partial charge >= 0.3 is 0 Å². The molecule has 0 fully saturated rings. The van der Waals surface area contributed by atoms with E-state index >= 15 is 0 Å². The van der Waals surface area contributed by atoms with Gasteiger partial charge in [0.1, 0.15) is 0 Å². The van der Waals surface area contributed by atoms with Crippen molar-refractivity contribution in [2.45, 2.75) is 13.0 Å². The number of nitro groups is 2. The van der Waals surface area contributed by atoms with Gasteiger partial charge in [-0.15, -0.1) is 0 Å². The third kappa shape index (κ3) is 5.02. The third-order valence-electron chi connectivity index (χ3n) is 2.58. The van der Waals surface area contributed by atoms with Gasteiger partial charge in [-0.25, -0.2) is 0 Å². The Labute approximate surface area is 117 Å². The van der Waals surface area contributed by atoms with Crippen molar-refractivity contribution in [1.82, 2.24) is 5.32 Å². The first-order chi connectivity index (χ1) is 9.41. The summed E-state index contributed by atoms with van der Waals surface area (Å²) in [4.78, 5) is 20.2. The largest absolute Gasteiger partial charge is 0.312 e. The molecule has 1 unspecified atom stereocenters. The molecule has 1 aromatic carbocycles. The summed E-state index contributed by atoms with van der Waals surface area (Å²) >= 11 is 0. The topological polar surface area (TPSA) is 115 Å². The summed E-state index contributed by atoms with van der Waals surface area (Å²) in [6.45, 7) is 0.818. The van der Waals surface area contributed by atoms with E-state index in [1.165, 1.54) is 12.1 Å². The highest BCUT2D eigenvalue weighted by Crippen LogP contribution is 2.24. The standard InChI is InChI=1S/C11H15N3O5S/c1-20(19)6-2-5-12-8-9-3-4-10(13(15)16)7-11(9)14(17)18/h3-4,7,12H,2,5-6,8H2,1H3. The van der Waals surface area contributed by atoms with Crippen LogP contribution in [0.1, 0.15) is 12.0 Å². The maximum absolute atomic E-state index is 10.9. The number of rotatable bonds is 8. The molecule has 0 saturated carbocycles. The van der Waals surface area contributed by atoms with Crippen molar-refractivity contribution in [3.8, 4) is 0 Å². The summed E-state index contributed by atoms with van der Waals surface area (Å²) in [6.07, 6.45) is 2.31. The van der Waals surface area contributed by atoms with Gasteiger partial charge in [-0.3, -0.25) is 24.4 Å². The zero-order valence-corrected chi connectivity index (χ0v) is 11.7. The third-order valence-corrected chi connectivity index (χ3v) is 3.44. The lowest BCUT2D eigenvalue weighted by Gasteiger charge is -2.05. The van der Waals surface area contributed by atoms with Crippen LogP contribution in [0.2, 0.25) is 0 Å². The predicted molar refractivity (Wildman–Crippen MR) is 75.0 cm³/mol. The van der Waals surface area contributed by atoms with Crippen molar-refractivity contribution < 1.29 is 14.1 Å². The molecule has 0 radical (unpaired) electrons. The van der Waals surface area contributed by atoms with Crippen molar-refractivity contribution in [2.24, 2.45) is 0 Å². The van der Waals surface area contributed by atoms with Crippen LogP contribution in [0.5, 0.6) is 0 Å². The Morgan fingerprint density at radius 2 is 1.95 bits per heavy atom. The predicted octanol–water partition coefficient (Wildman–Crippen LogP) is 1.36. The molecule has 9 heteroatoms. The zero-order valence-electron chi connectivity index (χ0n) is 10.9. The molecule has 0 bridgehead atoms. The summed E-state index contributed by atoms with van der Waals surface area (Å²) in [6, 6.07) is 3.57. The number of nitrogens with one attached hydrogen (secondary N) is 1. The van der Waals surface area contributed by atoms with Crippen LogP contribution in [-0.4, -0.2) is 32.6 Å². The normalized spacial score (nSPS) is 12.1. The van der Waals surface area contributed by atoms with Crippen molar-refractivity contribution in [3.05, 3.63) is 44.0 Å². The van der Waals surface area contributed by atoms with Crippen LogP contribution in [0, 0.1) is 20.2 Å².